The van der Waals surface area contributed by atoms with E-state index in [2.05, 4.69) is 29.9 Å². The van der Waals surface area contributed by atoms with E-state index in [0.29, 0.717) is 17.5 Å². The summed E-state index contributed by atoms with van der Waals surface area (Å²) in [7, 11) is 0. The van der Waals surface area contributed by atoms with Crippen LogP contribution in [0.2, 0.25) is 0 Å². The zero-order chi connectivity index (χ0) is 10.8. The third kappa shape index (κ3) is 2.15. The fourth-order valence-corrected chi connectivity index (χ4v) is 1.53. The summed E-state index contributed by atoms with van der Waals surface area (Å²) in [6.45, 7) is 4.27. The number of rotatable bonds is 3. The van der Waals surface area contributed by atoms with Gasteiger partial charge in [0.05, 0.1) is 0 Å². The minimum absolute atomic E-state index is 0.414. The number of nitrogens with zero attached hydrogens (tertiary/aromatic N) is 3. The van der Waals surface area contributed by atoms with E-state index < -0.39 is 0 Å². The van der Waals surface area contributed by atoms with Crippen molar-refractivity contribution in [2.24, 2.45) is 0 Å². The van der Waals surface area contributed by atoms with Gasteiger partial charge >= 0.3 is 0 Å². The largest absolute Gasteiger partial charge is 0.237 e. The molecule has 1 fully saturated rings. The molecule has 15 heavy (non-hydrogen) atoms. The summed E-state index contributed by atoms with van der Waals surface area (Å²) in [5.41, 5.74) is 1.54. The molecule has 1 atom stereocenters. The Kier molecular flexibility index (Phi) is 2.68. The van der Waals surface area contributed by atoms with E-state index in [4.69, 9.17) is 5.26 Å². The Morgan fingerprint density at radius 1 is 1.53 bits per heavy atom. The van der Waals surface area contributed by atoms with Gasteiger partial charge in [-0.3, -0.25) is 0 Å². The van der Waals surface area contributed by atoms with E-state index in [-0.39, 0.29) is 0 Å². The Labute approximate surface area is 90.2 Å². The van der Waals surface area contributed by atoms with Crippen LogP contribution >= 0.6 is 0 Å². The summed E-state index contributed by atoms with van der Waals surface area (Å²) in [5, 5.41) is 8.90. The fraction of sp³-hybridized carbons (Fsp3) is 0.583. The first-order valence-electron chi connectivity index (χ1n) is 5.53. The Balaban J connectivity index is 2.37. The summed E-state index contributed by atoms with van der Waals surface area (Å²) >= 11 is 0. The standard InChI is InChI=1S/C12H15N3/c1-3-8(2)11-6-10(7-13)14-12(15-11)9-4-5-9/h6,8-9H,3-5H2,1-2H3. The van der Waals surface area contributed by atoms with Crippen LogP contribution in [0.3, 0.4) is 0 Å². The van der Waals surface area contributed by atoms with Crippen molar-refractivity contribution < 1.29 is 0 Å². The zero-order valence-electron chi connectivity index (χ0n) is 9.20. The van der Waals surface area contributed by atoms with Crippen LogP contribution in [0.4, 0.5) is 0 Å². The molecular formula is C12H15N3. The Bertz CT molecular complexity index is 402. The highest BCUT2D eigenvalue weighted by molar-refractivity contribution is 5.26. The lowest BCUT2D eigenvalue weighted by atomic mass is 10.0. The van der Waals surface area contributed by atoms with Crippen LogP contribution < -0.4 is 0 Å². The molecule has 1 saturated carbocycles. The molecule has 1 aliphatic rings. The van der Waals surface area contributed by atoms with E-state index in [9.17, 15) is 0 Å². The quantitative estimate of drug-likeness (QED) is 0.755. The zero-order valence-corrected chi connectivity index (χ0v) is 9.20. The summed E-state index contributed by atoms with van der Waals surface area (Å²) in [4.78, 5) is 8.81. The molecule has 0 saturated heterocycles. The predicted molar refractivity (Wildman–Crippen MR) is 57.4 cm³/mol. The van der Waals surface area contributed by atoms with Crippen molar-refractivity contribution in [3.63, 3.8) is 0 Å². The van der Waals surface area contributed by atoms with Gasteiger partial charge in [0.1, 0.15) is 17.6 Å². The normalized spacial score (nSPS) is 17.1. The Morgan fingerprint density at radius 2 is 2.27 bits per heavy atom. The van der Waals surface area contributed by atoms with Crippen LogP contribution in [0, 0.1) is 11.3 Å². The Hall–Kier alpha value is -1.43. The van der Waals surface area contributed by atoms with E-state index in [0.717, 1.165) is 17.9 Å². The highest BCUT2D eigenvalue weighted by Crippen LogP contribution is 2.38. The molecule has 3 heteroatoms. The molecule has 1 heterocycles. The number of hydrogen-bond acceptors (Lipinski definition) is 3. The van der Waals surface area contributed by atoms with Crippen LogP contribution in [-0.4, -0.2) is 9.97 Å². The molecule has 0 amide bonds. The second-order valence-electron chi connectivity index (χ2n) is 4.23. The van der Waals surface area contributed by atoms with Gasteiger partial charge < -0.3 is 0 Å². The van der Waals surface area contributed by atoms with Crippen LogP contribution in [-0.2, 0) is 0 Å². The van der Waals surface area contributed by atoms with Gasteiger partial charge in [0.15, 0.2) is 0 Å². The SMILES string of the molecule is CCC(C)c1cc(C#N)nc(C2CC2)n1. The van der Waals surface area contributed by atoms with Crippen LogP contribution in [0.15, 0.2) is 6.07 Å². The Morgan fingerprint density at radius 3 is 2.80 bits per heavy atom. The van der Waals surface area contributed by atoms with Crippen molar-refractivity contribution in [2.75, 3.05) is 0 Å². The molecule has 3 nitrogen and oxygen atoms in total. The molecule has 0 aromatic carbocycles. The van der Waals surface area contributed by atoms with Gasteiger partial charge in [0, 0.05) is 11.6 Å². The smallest absolute Gasteiger partial charge is 0.144 e. The molecule has 0 bridgehead atoms. The van der Waals surface area contributed by atoms with Crippen LogP contribution in [0.25, 0.3) is 0 Å². The van der Waals surface area contributed by atoms with Crippen molar-refractivity contribution >= 4 is 0 Å². The van der Waals surface area contributed by atoms with Crippen molar-refractivity contribution in [3.8, 4) is 6.07 Å². The lowest BCUT2D eigenvalue weighted by Crippen LogP contribution is -2.03. The first kappa shape index (κ1) is 10.1. The summed E-state index contributed by atoms with van der Waals surface area (Å²) < 4.78 is 0. The lowest BCUT2D eigenvalue weighted by Gasteiger charge is -2.09. The highest BCUT2D eigenvalue weighted by Gasteiger charge is 2.27. The third-order valence-electron chi connectivity index (χ3n) is 2.94. The molecule has 1 aromatic rings. The van der Waals surface area contributed by atoms with Crippen molar-refractivity contribution in [3.05, 3.63) is 23.3 Å². The van der Waals surface area contributed by atoms with Gasteiger partial charge in [-0.15, -0.1) is 0 Å². The van der Waals surface area contributed by atoms with Gasteiger partial charge in [-0.25, -0.2) is 9.97 Å². The molecule has 78 valence electrons. The first-order chi connectivity index (χ1) is 7.24. The average Bonchev–Trinajstić information content (AvgIpc) is 3.11. The fourth-order valence-electron chi connectivity index (χ4n) is 1.53. The van der Waals surface area contributed by atoms with Gasteiger partial charge in [0.25, 0.3) is 0 Å². The first-order valence-corrected chi connectivity index (χ1v) is 5.53. The molecule has 1 aromatic heterocycles. The molecule has 0 N–H and O–H groups in total. The topological polar surface area (TPSA) is 49.6 Å². The van der Waals surface area contributed by atoms with Crippen molar-refractivity contribution in [2.45, 2.75) is 44.9 Å². The minimum Gasteiger partial charge on any atom is -0.237 e. The van der Waals surface area contributed by atoms with Gasteiger partial charge in [-0.05, 0) is 31.2 Å². The monoisotopic (exact) mass is 201 g/mol. The summed E-state index contributed by atoms with van der Waals surface area (Å²) in [6.07, 6.45) is 3.40. The maximum atomic E-state index is 8.90. The molecule has 1 aliphatic carbocycles. The van der Waals surface area contributed by atoms with E-state index >= 15 is 0 Å². The molecular weight excluding hydrogens is 186 g/mol. The van der Waals surface area contributed by atoms with Crippen LogP contribution in [0.1, 0.15) is 62.2 Å². The molecule has 0 spiro atoms. The van der Waals surface area contributed by atoms with Crippen molar-refractivity contribution in [1.82, 2.24) is 9.97 Å². The molecule has 1 unspecified atom stereocenters. The summed E-state index contributed by atoms with van der Waals surface area (Å²) in [6, 6.07) is 3.94. The van der Waals surface area contributed by atoms with E-state index in [1.54, 1.807) is 0 Å². The van der Waals surface area contributed by atoms with E-state index in [1.165, 1.54) is 12.8 Å². The second-order valence-corrected chi connectivity index (χ2v) is 4.23. The maximum Gasteiger partial charge on any atom is 0.144 e. The van der Waals surface area contributed by atoms with E-state index in [1.807, 2.05) is 6.07 Å². The van der Waals surface area contributed by atoms with Crippen LogP contribution in [0.5, 0.6) is 0 Å². The molecule has 0 aliphatic heterocycles. The van der Waals surface area contributed by atoms with Gasteiger partial charge in [-0.2, -0.15) is 5.26 Å². The number of aromatic nitrogens is 2. The molecule has 0 radical (unpaired) electrons. The number of nitriles is 1. The average molecular weight is 201 g/mol. The van der Waals surface area contributed by atoms with Gasteiger partial charge in [-0.1, -0.05) is 13.8 Å². The number of hydrogen-bond donors (Lipinski definition) is 0. The summed E-state index contributed by atoms with van der Waals surface area (Å²) in [5.74, 6) is 1.81. The van der Waals surface area contributed by atoms with Gasteiger partial charge in [0.2, 0.25) is 0 Å². The predicted octanol–water partition coefficient (Wildman–Crippen LogP) is 2.74. The second kappa shape index (κ2) is 3.98. The molecule has 2 rings (SSSR count). The highest BCUT2D eigenvalue weighted by atomic mass is 14.9. The van der Waals surface area contributed by atoms with Crippen molar-refractivity contribution in [1.29, 1.82) is 5.26 Å². The minimum atomic E-state index is 0.414. The maximum absolute atomic E-state index is 8.90. The lowest BCUT2D eigenvalue weighted by molar-refractivity contribution is 0.692. The third-order valence-corrected chi connectivity index (χ3v) is 2.94.